The van der Waals surface area contributed by atoms with E-state index in [-0.39, 0.29) is 29.7 Å². The van der Waals surface area contributed by atoms with Crippen LogP contribution in [-0.2, 0) is 14.4 Å². The number of carbonyl (C=O) groups excluding carboxylic acids is 2. The molecular weight excluding hydrogens is 332 g/mol. The summed E-state index contributed by atoms with van der Waals surface area (Å²) in [5, 5.41) is 12.1. The first-order valence-corrected chi connectivity index (χ1v) is 9.26. The molecule has 3 atom stereocenters. The first kappa shape index (κ1) is 18.4. The van der Waals surface area contributed by atoms with Gasteiger partial charge in [0.25, 0.3) is 0 Å². The zero-order chi connectivity index (χ0) is 18.8. The molecule has 3 rings (SSSR count). The summed E-state index contributed by atoms with van der Waals surface area (Å²) < 4.78 is 0. The molecule has 2 amide bonds. The Hall–Kier alpha value is -2.37. The van der Waals surface area contributed by atoms with Crippen LogP contribution in [0.1, 0.15) is 43.2 Å². The van der Waals surface area contributed by atoms with Crippen LogP contribution in [-0.4, -0.2) is 35.5 Å². The van der Waals surface area contributed by atoms with E-state index in [9.17, 15) is 14.4 Å². The topological polar surface area (TPSA) is 86.7 Å². The number of rotatable bonds is 4. The normalized spacial score (nSPS) is 26.0. The second-order valence-electron chi connectivity index (χ2n) is 7.56. The number of hydrogen-bond donors (Lipinski definition) is 2. The van der Waals surface area contributed by atoms with Gasteiger partial charge in [-0.2, -0.15) is 0 Å². The monoisotopic (exact) mass is 358 g/mol. The van der Waals surface area contributed by atoms with Crippen LogP contribution in [0.2, 0.25) is 0 Å². The lowest BCUT2D eigenvalue weighted by Crippen LogP contribution is -2.47. The summed E-state index contributed by atoms with van der Waals surface area (Å²) in [7, 11) is 0. The molecule has 2 N–H and O–H groups in total. The number of carbonyl (C=O) groups is 3. The predicted octanol–water partition coefficient (Wildman–Crippen LogP) is 2.42. The van der Waals surface area contributed by atoms with Gasteiger partial charge in [0, 0.05) is 24.7 Å². The van der Waals surface area contributed by atoms with Gasteiger partial charge in [-0.15, -0.1) is 0 Å². The molecule has 6 heteroatoms. The Morgan fingerprint density at radius 2 is 1.88 bits per heavy atom. The Kier molecular flexibility index (Phi) is 5.30. The van der Waals surface area contributed by atoms with E-state index in [0.29, 0.717) is 38.6 Å². The number of anilines is 1. The lowest BCUT2D eigenvalue weighted by atomic mass is 9.95. The molecule has 1 aliphatic carbocycles. The van der Waals surface area contributed by atoms with Gasteiger partial charge in [-0.25, -0.2) is 0 Å². The minimum Gasteiger partial charge on any atom is -0.481 e. The summed E-state index contributed by atoms with van der Waals surface area (Å²) in [5.74, 6) is -1.42. The number of amides is 2. The minimum atomic E-state index is -0.786. The smallest absolute Gasteiger partial charge is 0.306 e. The van der Waals surface area contributed by atoms with Crippen molar-refractivity contribution >= 4 is 23.5 Å². The summed E-state index contributed by atoms with van der Waals surface area (Å²) in [6.07, 6.45) is 2.70. The summed E-state index contributed by atoms with van der Waals surface area (Å²) in [6, 6.07) is 5.83. The number of carboxylic acid groups (broad SMARTS) is 1. The number of carboxylic acids is 1. The van der Waals surface area contributed by atoms with Crippen LogP contribution in [0, 0.1) is 25.7 Å². The summed E-state index contributed by atoms with van der Waals surface area (Å²) in [5.41, 5.74) is 3.12. The van der Waals surface area contributed by atoms with E-state index in [2.05, 4.69) is 5.32 Å². The van der Waals surface area contributed by atoms with E-state index in [0.717, 1.165) is 11.3 Å². The molecule has 6 nitrogen and oxygen atoms in total. The maximum absolute atomic E-state index is 12.6. The summed E-state index contributed by atoms with van der Waals surface area (Å²) in [6.45, 7) is 4.41. The van der Waals surface area contributed by atoms with Gasteiger partial charge < -0.3 is 15.3 Å². The fraction of sp³-hybridized carbons (Fsp3) is 0.550. The molecule has 1 aliphatic heterocycles. The van der Waals surface area contributed by atoms with Gasteiger partial charge in [-0.05, 0) is 62.8 Å². The van der Waals surface area contributed by atoms with Gasteiger partial charge in [0.05, 0.1) is 11.8 Å². The molecule has 0 radical (unpaired) electrons. The van der Waals surface area contributed by atoms with Crippen molar-refractivity contribution in [3.8, 4) is 0 Å². The van der Waals surface area contributed by atoms with E-state index < -0.39 is 5.97 Å². The van der Waals surface area contributed by atoms with Crippen LogP contribution < -0.4 is 10.2 Å². The summed E-state index contributed by atoms with van der Waals surface area (Å²) >= 11 is 0. The zero-order valence-corrected chi connectivity index (χ0v) is 15.3. The molecule has 1 unspecified atom stereocenters. The molecule has 1 aromatic rings. The van der Waals surface area contributed by atoms with Crippen molar-refractivity contribution in [2.45, 2.75) is 52.0 Å². The highest BCUT2D eigenvalue weighted by atomic mass is 16.4. The third-order valence-electron chi connectivity index (χ3n) is 5.71. The third-order valence-corrected chi connectivity index (χ3v) is 5.71. The number of aliphatic carboxylic acids is 1. The van der Waals surface area contributed by atoms with Gasteiger partial charge >= 0.3 is 5.97 Å². The Balaban J connectivity index is 1.64. The second kappa shape index (κ2) is 7.48. The zero-order valence-electron chi connectivity index (χ0n) is 15.3. The number of aryl methyl sites for hydroxylation is 2. The number of benzene rings is 1. The number of piperidine rings is 1. The fourth-order valence-corrected chi connectivity index (χ4v) is 3.86. The number of hydrogen-bond acceptors (Lipinski definition) is 3. The number of nitrogens with zero attached hydrogens (tertiary/aromatic N) is 1. The van der Waals surface area contributed by atoms with Crippen molar-refractivity contribution in [3.63, 3.8) is 0 Å². The fourth-order valence-electron chi connectivity index (χ4n) is 3.86. The highest BCUT2D eigenvalue weighted by molar-refractivity contribution is 5.96. The minimum absolute atomic E-state index is 0.0455. The standard InChI is InChI=1S/C20H26N2O4/c1-12-3-7-17(9-13(12)2)22-11-15(5-8-18(22)23)19(24)21-16-6-4-14(10-16)20(25)26/h3,7,9,14-16H,4-6,8,10-11H2,1-2H3,(H,21,24)(H,25,26)/t14-,15?,16+/m0/s1. The van der Waals surface area contributed by atoms with Crippen LogP contribution >= 0.6 is 0 Å². The first-order valence-electron chi connectivity index (χ1n) is 9.26. The molecule has 1 heterocycles. The van der Waals surface area contributed by atoms with Crippen molar-refractivity contribution in [1.82, 2.24) is 5.32 Å². The van der Waals surface area contributed by atoms with E-state index in [4.69, 9.17) is 5.11 Å². The van der Waals surface area contributed by atoms with Crippen molar-refractivity contribution in [1.29, 1.82) is 0 Å². The highest BCUT2D eigenvalue weighted by Crippen LogP contribution is 2.28. The van der Waals surface area contributed by atoms with Gasteiger partial charge in [-0.3, -0.25) is 14.4 Å². The number of nitrogens with one attached hydrogen (secondary N) is 1. The molecule has 1 aromatic carbocycles. The lowest BCUT2D eigenvalue weighted by Gasteiger charge is -2.33. The van der Waals surface area contributed by atoms with Crippen LogP contribution in [0.4, 0.5) is 5.69 Å². The van der Waals surface area contributed by atoms with Crippen LogP contribution in [0.5, 0.6) is 0 Å². The van der Waals surface area contributed by atoms with Crippen molar-refractivity contribution in [2.24, 2.45) is 11.8 Å². The van der Waals surface area contributed by atoms with Gasteiger partial charge in [0.1, 0.15) is 0 Å². The Morgan fingerprint density at radius 3 is 2.54 bits per heavy atom. The molecule has 2 aliphatic rings. The van der Waals surface area contributed by atoms with Gasteiger partial charge in [0.2, 0.25) is 11.8 Å². The van der Waals surface area contributed by atoms with Crippen molar-refractivity contribution in [3.05, 3.63) is 29.3 Å². The maximum atomic E-state index is 12.6. The molecular formula is C20H26N2O4. The highest BCUT2D eigenvalue weighted by Gasteiger charge is 2.35. The second-order valence-corrected chi connectivity index (χ2v) is 7.56. The molecule has 1 saturated heterocycles. The quantitative estimate of drug-likeness (QED) is 0.865. The lowest BCUT2D eigenvalue weighted by molar-refractivity contribution is -0.141. The Morgan fingerprint density at radius 1 is 1.12 bits per heavy atom. The SMILES string of the molecule is Cc1ccc(N2CC(C(=O)N[C@@H]3CC[C@H](C(=O)O)C3)CCC2=O)cc1C. The molecule has 2 fully saturated rings. The molecule has 26 heavy (non-hydrogen) atoms. The summed E-state index contributed by atoms with van der Waals surface area (Å²) in [4.78, 5) is 37.8. The van der Waals surface area contributed by atoms with E-state index in [1.807, 2.05) is 32.0 Å². The van der Waals surface area contributed by atoms with Crippen LogP contribution in [0.15, 0.2) is 18.2 Å². The Bertz CT molecular complexity index is 731. The van der Waals surface area contributed by atoms with Crippen LogP contribution in [0.25, 0.3) is 0 Å². The molecule has 0 spiro atoms. The largest absolute Gasteiger partial charge is 0.481 e. The van der Waals surface area contributed by atoms with E-state index >= 15 is 0 Å². The third kappa shape index (κ3) is 3.89. The van der Waals surface area contributed by atoms with Gasteiger partial charge in [-0.1, -0.05) is 6.07 Å². The predicted molar refractivity (Wildman–Crippen MR) is 97.9 cm³/mol. The van der Waals surface area contributed by atoms with Gasteiger partial charge in [0.15, 0.2) is 0 Å². The molecule has 140 valence electrons. The van der Waals surface area contributed by atoms with Crippen molar-refractivity contribution < 1.29 is 19.5 Å². The van der Waals surface area contributed by atoms with E-state index in [1.165, 1.54) is 5.56 Å². The molecule has 0 aromatic heterocycles. The Labute approximate surface area is 153 Å². The van der Waals surface area contributed by atoms with E-state index in [1.54, 1.807) is 4.90 Å². The molecule has 1 saturated carbocycles. The first-order chi connectivity index (χ1) is 12.3. The van der Waals surface area contributed by atoms with Crippen LogP contribution in [0.3, 0.4) is 0 Å². The van der Waals surface area contributed by atoms with Crippen molar-refractivity contribution in [2.75, 3.05) is 11.4 Å². The average molecular weight is 358 g/mol. The molecule has 0 bridgehead atoms. The maximum Gasteiger partial charge on any atom is 0.306 e. The average Bonchev–Trinajstić information content (AvgIpc) is 3.06.